The van der Waals surface area contributed by atoms with Gasteiger partial charge in [0, 0.05) is 18.7 Å². The lowest BCUT2D eigenvalue weighted by Gasteiger charge is -2.16. The normalized spacial score (nSPS) is 13.5. The molecule has 2 N–H and O–H groups in total. The Hall–Kier alpha value is -1.61. The molecular formula is C14H19NO2. The van der Waals surface area contributed by atoms with Crippen LogP contribution in [0.15, 0.2) is 35.9 Å². The number of rotatable bonds is 5. The van der Waals surface area contributed by atoms with Crippen LogP contribution in [0, 0.1) is 6.92 Å². The van der Waals surface area contributed by atoms with Crippen LogP contribution in [0.3, 0.4) is 0 Å². The van der Waals surface area contributed by atoms with Gasteiger partial charge in [-0.05, 0) is 31.9 Å². The molecule has 0 aromatic heterocycles. The van der Waals surface area contributed by atoms with Crippen LogP contribution in [0.25, 0.3) is 0 Å². The van der Waals surface area contributed by atoms with Crippen molar-refractivity contribution in [3.05, 3.63) is 47.0 Å². The van der Waals surface area contributed by atoms with Crippen LogP contribution in [-0.2, 0) is 4.79 Å². The Bertz CT molecular complexity index is 424. The van der Waals surface area contributed by atoms with Gasteiger partial charge in [0.15, 0.2) is 0 Å². The zero-order valence-corrected chi connectivity index (χ0v) is 10.5. The first-order chi connectivity index (χ1) is 8.00. The van der Waals surface area contributed by atoms with Gasteiger partial charge in [-0.2, -0.15) is 0 Å². The highest BCUT2D eigenvalue weighted by Gasteiger charge is 2.06. The number of hydrogen-bond donors (Lipinski definition) is 2. The molecule has 92 valence electrons. The van der Waals surface area contributed by atoms with Gasteiger partial charge in [-0.15, -0.1) is 0 Å². The van der Waals surface area contributed by atoms with Crippen LogP contribution in [-0.4, -0.2) is 17.6 Å². The van der Waals surface area contributed by atoms with Gasteiger partial charge in [0.2, 0.25) is 0 Å². The van der Waals surface area contributed by atoms with E-state index < -0.39 is 5.97 Å². The van der Waals surface area contributed by atoms with E-state index in [0.717, 1.165) is 5.57 Å². The largest absolute Gasteiger partial charge is 0.478 e. The summed E-state index contributed by atoms with van der Waals surface area (Å²) in [6.07, 6.45) is 1.23. The van der Waals surface area contributed by atoms with Crippen molar-refractivity contribution < 1.29 is 9.90 Å². The Morgan fingerprint density at radius 1 is 1.47 bits per heavy atom. The van der Waals surface area contributed by atoms with Crippen molar-refractivity contribution in [3.63, 3.8) is 0 Å². The Morgan fingerprint density at radius 3 is 2.71 bits per heavy atom. The van der Waals surface area contributed by atoms with Gasteiger partial charge >= 0.3 is 5.97 Å². The van der Waals surface area contributed by atoms with E-state index in [0.29, 0.717) is 6.54 Å². The van der Waals surface area contributed by atoms with E-state index in [1.165, 1.54) is 17.2 Å². The molecule has 0 aliphatic rings. The molecule has 0 saturated heterocycles. The molecule has 0 bridgehead atoms. The molecule has 1 rings (SSSR count). The molecule has 0 saturated carbocycles. The van der Waals surface area contributed by atoms with Gasteiger partial charge in [-0.25, -0.2) is 4.79 Å². The number of carboxylic acids is 1. The lowest BCUT2D eigenvalue weighted by Crippen LogP contribution is -2.21. The van der Waals surface area contributed by atoms with E-state index in [1.807, 2.05) is 19.1 Å². The second-order valence-electron chi connectivity index (χ2n) is 4.29. The Labute approximate surface area is 102 Å². The number of carboxylic acid groups (broad SMARTS) is 1. The van der Waals surface area contributed by atoms with E-state index in [9.17, 15) is 4.79 Å². The minimum atomic E-state index is -0.896. The summed E-state index contributed by atoms with van der Waals surface area (Å²) in [5, 5.41) is 11.9. The van der Waals surface area contributed by atoms with Crippen LogP contribution in [0.5, 0.6) is 0 Å². The van der Waals surface area contributed by atoms with E-state index in [4.69, 9.17) is 5.11 Å². The fourth-order valence-corrected chi connectivity index (χ4v) is 1.76. The van der Waals surface area contributed by atoms with Crippen molar-refractivity contribution in [2.24, 2.45) is 0 Å². The zero-order valence-electron chi connectivity index (χ0n) is 10.5. The summed E-state index contributed by atoms with van der Waals surface area (Å²) in [6.45, 7) is 6.55. The van der Waals surface area contributed by atoms with Gasteiger partial charge in [0.1, 0.15) is 0 Å². The minimum Gasteiger partial charge on any atom is -0.478 e. The summed E-state index contributed by atoms with van der Waals surface area (Å²) < 4.78 is 0. The first-order valence-electron chi connectivity index (χ1n) is 5.69. The van der Waals surface area contributed by atoms with Gasteiger partial charge in [0.05, 0.1) is 0 Å². The third-order valence-electron chi connectivity index (χ3n) is 2.71. The van der Waals surface area contributed by atoms with Crippen LogP contribution in [0.4, 0.5) is 0 Å². The van der Waals surface area contributed by atoms with Crippen molar-refractivity contribution in [2.75, 3.05) is 6.54 Å². The van der Waals surface area contributed by atoms with Gasteiger partial charge in [-0.1, -0.05) is 29.8 Å². The molecule has 0 spiro atoms. The van der Waals surface area contributed by atoms with Crippen LogP contribution in [0.1, 0.15) is 31.0 Å². The second-order valence-corrected chi connectivity index (χ2v) is 4.29. The molecule has 1 atom stereocenters. The van der Waals surface area contributed by atoms with Crippen molar-refractivity contribution in [2.45, 2.75) is 26.8 Å². The quantitative estimate of drug-likeness (QED) is 0.769. The van der Waals surface area contributed by atoms with E-state index in [2.05, 4.69) is 31.3 Å². The summed E-state index contributed by atoms with van der Waals surface area (Å²) in [6, 6.07) is 8.41. The molecule has 3 nitrogen and oxygen atoms in total. The monoisotopic (exact) mass is 233 g/mol. The summed E-state index contributed by atoms with van der Waals surface area (Å²) in [4.78, 5) is 10.5. The first kappa shape index (κ1) is 13.5. The minimum absolute atomic E-state index is 0.216. The molecule has 0 aliphatic heterocycles. The number of aliphatic carboxylic acids is 1. The Balaban J connectivity index is 2.59. The molecule has 0 amide bonds. The Kier molecular flexibility index (Phi) is 4.91. The first-order valence-corrected chi connectivity index (χ1v) is 5.69. The highest BCUT2D eigenvalue weighted by molar-refractivity contribution is 5.80. The lowest BCUT2D eigenvalue weighted by atomic mass is 10.0. The summed E-state index contributed by atoms with van der Waals surface area (Å²) in [5.41, 5.74) is 3.31. The molecule has 0 radical (unpaired) electrons. The van der Waals surface area contributed by atoms with Crippen LogP contribution in [0.2, 0.25) is 0 Å². The molecule has 0 aliphatic carbocycles. The Morgan fingerprint density at radius 2 is 2.12 bits per heavy atom. The summed E-state index contributed by atoms with van der Waals surface area (Å²) in [5.74, 6) is -0.896. The fourth-order valence-electron chi connectivity index (χ4n) is 1.76. The van der Waals surface area contributed by atoms with Crippen molar-refractivity contribution in [3.8, 4) is 0 Å². The maximum atomic E-state index is 10.5. The number of nitrogens with one attached hydrogen (secondary N) is 1. The van der Waals surface area contributed by atoms with E-state index in [-0.39, 0.29) is 6.04 Å². The maximum Gasteiger partial charge on any atom is 0.328 e. The molecule has 1 aromatic rings. The molecular weight excluding hydrogens is 214 g/mol. The standard InChI is InChI=1S/C14H19NO2/c1-10(8-14(16)17)9-15-12(3)13-7-5-4-6-11(13)2/h4-8,12,15H,9H2,1-3H3,(H,16,17)/b10-8+/t12-/m1/s1. The fraction of sp³-hybridized carbons (Fsp3) is 0.357. The van der Waals surface area contributed by atoms with Gasteiger partial charge in [0.25, 0.3) is 0 Å². The molecule has 3 heteroatoms. The van der Waals surface area contributed by atoms with Crippen LogP contribution >= 0.6 is 0 Å². The number of hydrogen-bond acceptors (Lipinski definition) is 2. The smallest absolute Gasteiger partial charge is 0.328 e. The molecule has 0 heterocycles. The van der Waals surface area contributed by atoms with Crippen molar-refractivity contribution in [1.29, 1.82) is 0 Å². The average molecular weight is 233 g/mol. The van der Waals surface area contributed by atoms with Gasteiger partial charge in [-0.3, -0.25) is 0 Å². The van der Waals surface area contributed by atoms with Crippen molar-refractivity contribution >= 4 is 5.97 Å². The zero-order chi connectivity index (χ0) is 12.8. The highest BCUT2D eigenvalue weighted by Crippen LogP contribution is 2.16. The number of benzene rings is 1. The molecule has 0 unspecified atom stereocenters. The topological polar surface area (TPSA) is 49.3 Å². The van der Waals surface area contributed by atoms with E-state index in [1.54, 1.807) is 0 Å². The number of carbonyl (C=O) groups is 1. The lowest BCUT2D eigenvalue weighted by molar-refractivity contribution is -0.131. The third kappa shape index (κ3) is 4.41. The number of aryl methyl sites for hydroxylation is 1. The van der Waals surface area contributed by atoms with Crippen LogP contribution < -0.4 is 5.32 Å². The average Bonchev–Trinajstić information content (AvgIpc) is 2.25. The SMILES string of the molecule is C/C(=C\C(=O)O)CN[C@H](C)c1ccccc1C. The summed E-state index contributed by atoms with van der Waals surface area (Å²) >= 11 is 0. The maximum absolute atomic E-state index is 10.5. The molecule has 0 fully saturated rings. The predicted molar refractivity (Wildman–Crippen MR) is 69.0 cm³/mol. The second kappa shape index (κ2) is 6.21. The predicted octanol–water partition coefficient (Wildman–Crippen LogP) is 2.68. The molecule has 1 aromatic carbocycles. The summed E-state index contributed by atoms with van der Waals surface area (Å²) in [7, 11) is 0. The van der Waals surface area contributed by atoms with Gasteiger partial charge < -0.3 is 10.4 Å². The van der Waals surface area contributed by atoms with E-state index >= 15 is 0 Å². The molecule has 17 heavy (non-hydrogen) atoms. The highest BCUT2D eigenvalue weighted by atomic mass is 16.4. The van der Waals surface area contributed by atoms with Crippen molar-refractivity contribution in [1.82, 2.24) is 5.32 Å². The third-order valence-corrected chi connectivity index (χ3v) is 2.71.